The number of piperazine rings is 1. The first-order valence-electron chi connectivity index (χ1n) is 6.02. The highest BCUT2D eigenvalue weighted by Gasteiger charge is 2.18. The molecule has 0 aromatic heterocycles. The second kappa shape index (κ2) is 6.11. The second-order valence-corrected chi connectivity index (χ2v) is 5.23. The van der Waals surface area contributed by atoms with Gasteiger partial charge in [0, 0.05) is 36.8 Å². The predicted octanol–water partition coefficient (Wildman–Crippen LogP) is 1.62. The molecule has 0 spiro atoms. The Labute approximate surface area is 112 Å². The average molecular weight is 266 g/mol. The molecule has 18 heavy (non-hydrogen) atoms. The summed E-state index contributed by atoms with van der Waals surface area (Å²) in [7, 11) is 0. The molecule has 1 heterocycles. The molecule has 0 radical (unpaired) electrons. The van der Waals surface area contributed by atoms with Gasteiger partial charge in [-0.05, 0) is 30.5 Å². The summed E-state index contributed by atoms with van der Waals surface area (Å²) in [5.41, 5.74) is 1.22. The van der Waals surface area contributed by atoms with Crippen LogP contribution in [0.15, 0.2) is 29.2 Å². The molecule has 1 N–H and O–H groups in total. The van der Waals surface area contributed by atoms with Crippen molar-refractivity contribution in [1.29, 1.82) is 0 Å². The van der Waals surface area contributed by atoms with Gasteiger partial charge in [-0.1, -0.05) is 0 Å². The summed E-state index contributed by atoms with van der Waals surface area (Å²) in [4.78, 5) is 16.2. The quantitative estimate of drug-likeness (QED) is 0.839. The van der Waals surface area contributed by atoms with Crippen LogP contribution in [0.3, 0.4) is 0 Å². The number of aliphatic carboxylic acids is 1. The molecule has 1 saturated heterocycles. The molecule has 1 aromatic rings. The highest BCUT2D eigenvalue weighted by Crippen LogP contribution is 2.21. The smallest absolute Gasteiger partial charge is 0.317 e. The van der Waals surface area contributed by atoms with E-state index in [1.54, 1.807) is 11.8 Å². The van der Waals surface area contributed by atoms with Crippen LogP contribution in [0.25, 0.3) is 0 Å². The molecule has 0 bridgehead atoms. The van der Waals surface area contributed by atoms with Gasteiger partial charge < -0.3 is 10.0 Å². The molecule has 1 fully saturated rings. The van der Waals surface area contributed by atoms with E-state index in [0.29, 0.717) is 0 Å². The molecule has 1 aliphatic rings. The van der Waals surface area contributed by atoms with E-state index in [9.17, 15) is 4.79 Å². The largest absolute Gasteiger partial charge is 0.480 e. The van der Waals surface area contributed by atoms with E-state index in [0.717, 1.165) is 26.2 Å². The standard InChI is InChI=1S/C13H18N2O2S/c1-18-12-4-2-11(3-5-12)15-8-6-14(7-9-15)10-13(16)17/h2-5H,6-10H2,1H3,(H,16,17). The highest BCUT2D eigenvalue weighted by molar-refractivity contribution is 7.98. The molecule has 0 saturated carbocycles. The highest BCUT2D eigenvalue weighted by atomic mass is 32.2. The minimum Gasteiger partial charge on any atom is -0.480 e. The SMILES string of the molecule is CSc1ccc(N2CCN(CC(=O)O)CC2)cc1. The van der Waals surface area contributed by atoms with E-state index in [1.165, 1.54) is 10.6 Å². The molecule has 2 rings (SSSR count). The van der Waals surface area contributed by atoms with Crippen molar-refractivity contribution in [2.75, 3.05) is 43.9 Å². The van der Waals surface area contributed by atoms with Gasteiger partial charge in [0.15, 0.2) is 0 Å². The Morgan fingerprint density at radius 3 is 2.33 bits per heavy atom. The number of carboxylic acids is 1. The number of hydrogen-bond donors (Lipinski definition) is 1. The molecular weight excluding hydrogens is 248 g/mol. The Kier molecular flexibility index (Phi) is 4.49. The fourth-order valence-electron chi connectivity index (χ4n) is 2.15. The maximum absolute atomic E-state index is 10.6. The first-order chi connectivity index (χ1) is 8.69. The fourth-order valence-corrected chi connectivity index (χ4v) is 2.56. The van der Waals surface area contributed by atoms with Crippen LogP contribution in [0.2, 0.25) is 0 Å². The minimum absolute atomic E-state index is 0.152. The van der Waals surface area contributed by atoms with Crippen LogP contribution in [-0.4, -0.2) is 55.0 Å². The molecule has 98 valence electrons. The third-order valence-corrected chi connectivity index (χ3v) is 3.91. The molecule has 0 amide bonds. The van der Waals surface area contributed by atoms with Gasteiger partial charge in [-0.15, -0.1) is 11.8 Å². The number of carboxylic acid groups (broad SMARTS) is 1. The maximum Gasteiger partial charge on any atom is 0.317 e. The number of carbonyl (C=O) groups is 1. The van der Waals surface area contributed by atoms with Gasteiger partial charge in [-0.3, -0.25) is 9.69 Å². The molecule has 1 aromatic carbocycles. The first-order valence-corrected chi connectivity index (χ1v) is 7.24. The lowest BCUT2D eigenvalue weighted by Gasteiger charge is -2.35. The lowest BCUT2D eigenvalue weighted by molar-refractivity contribution is -0.138. The van der Waals surface area contributed by atoms with Crippen molar-refractivity contribution in [3.05, 3.63) is 24.3 Å². The van der Waals surface area contributed by atoms with Crippen molar-refractivity contribution in [2.45, 2.75) is 4.90 Å². The molecule has 0 atom stereocenters. The van der Waals surface area contributed by atoms with E-state index in [-0.39, 0.29) is 6.54 Å². The molecule has 5 heteroatoms. The Morgan fingerprint density at radius 2 is 1.83 bits per heavy atom. The zero-order valence-electron chi connectivity index (χ0n) is 10.5. The van der Waals surface area contributed by atoms with Gasteiger partial charge >= 0.3 is 5.97 Å². The van der Waals surface area contributed by atoms with Crippen LogP contribution in [0.4, 0.5) is 5.69 Å². The van der Waals surface area contributed by atoms with Crippen molar-refractivity contribution in [1.82, 2.24) is 4.90 Å². The molecule has 4 nitrogen and oxygen atoms in total. The van der Waals surface area contributed by atoms with Gasteiger partial charge in [-0.25, -0.2) is 0 Å². The Hall–Kier alpha value is -1.20. The second-order valence-electron chi connectivity index (χ2n) is 4.35. The predicted molar refractivity (Wildman–Crippen MR) is 74.5 cm³/mol. The van der Waals surface area contributed by atoms with Crippen LogP contribution < -0.4 is 4.90 Å². The van der Waals surface area contributed by atoms with Gasteiger partial charge in [0.25, 0.3) is 0 Å². The van der Waals surface area contributed by atoms with Gasteiger partial charge in [0.1, 0.15) is 0 Å². The molecule has 0 aliphatic carbocycles. The summed E-state index contributed by atoms with van der Waals surface area (Å²) in [6.45, 7) is 3.57. The normalized spacial score (nSPS) is 16.8. The lowest BCUT2D eigenvalue weighted by atomic mass is 10.2. The zero-order chi connectivity index (χ0) is 13.0. The van der Waals surface area contributed by atoms with Crippen molar-refractivity contribution in [3.63, 3.8) is 0 Å². The zero-order valence-corrected chi connectivity index (χ0v) is 11.3. The van der Waals surface area contributed by atoms with Crippen LogP contribution in [0.1, 0.15) is 0 Å². The third-order valence-electron chi connectivity index (χ3n) is 3.17. The number of hydrogen-bond acceptors (Lipinski definition) is 4. The van der Waals surface area contributed by atoms with Gasteiger partial charge in [-0.2, -0.15) is 0 Å². The molecular formula is C13H18N2O2S. The van der Waals surface area contributed by atoms with E-state index in [4.69, 9.17) is 5.11 Å². The number of nitrogens with zero attached hydrogens (tertiary/aromatic N) is 2. The van der Waals surface area contributed by atoms with Crippen LogP contribution in [0.5, 0.6) is 0 Å². The van der Waals surface area contributed by atoms with Gasteiger partial charge in [0.05, 0.1) is 6.54 Å². The minimum atomic E-state index is -0.743. The summed E-state index contributed by atoms with van der Waals surface area (Å²) in [6.07, 6.45) is 2.07. The average Bonchev–Trinajstić information content (AvgIpc) is 2.39. The van der Waals surface area contributed by atoms with Crippen molar-refractivity contribution >= 4 is 23.4 Å². The summed E-state index contributed by atoms with van der Waals surface area (Å²) in [5, 5.41) is 8.75. The molecule has 1 aliphatic heterocycles. The summed E-state index contributed by atoms with van der Waals surface area (Å²) < 4.78 is 0. The molecule has 0 unspecified atom stereocenters. The monoisotopic (exact) mass is 266 g/mol. The van der Waals surface area contributed by atoms with E-state index >= 15 is 0 Å². The maximum atomic E-state index is 10.6. The Balaban J connectivity index is 1.90. The van der Waals surface area contributed by atoms with Crippen LogP contribution >= 0.6 is 11.8 Å². The Bertz CT molecular complexity index is 400. The Morgan fingerprint density at radius 1 is 1.22 bits per heavy atom. The van der Waals surface area contributed by atoms with Crippen molar-refractivity contribution in [3.8, 4) is 0 Å². The third kappa shape index (κ3) is 3.40. The van der Waals surface area contributed by atoms with Crippen molar-refractivity contribution < 1.29 is 9.90 Å². The lowest BCUT2D eigenvalue weighted by Crippen LogP contribution is -2.47. The summed E-state index contributed by atoms with van der Waals surface area (Å²) >= 11 is 1.74. The fraction of sp³-hybridized carbons (Fsp3) is 0.462. The summed E-state index contributed by atoms with van der Waals surface area (Å²) in [6, 6.07) is 8.53. The number of thioether (sulfide) groups is 1. The first kappa shape index (κ1) is 13.2. The van der Waals surface area contributed by atoms with Crippen molar-refractivity contribution in [2.24, 2.45) is 0 Å². The number of benzene rings is 1. The number of anilines is 1. The van der Waals surface area contributed by atoms with Gasteiger partial charge in [0.2, 0.25) is 0 Å². The van der Waals surface area contributed by atoms with Crippen LogP contribution in [-0.2, 0) is 4.79 Å². The van der Waals surface area contributed by atoms with Crippen LogP contribution in [0, 0.1) is 0 Å². The van der Waals surface area contributed by atoms with E-state index < -0.39 is 5.97 Å². The summed E-state index contributed by atoms with van der Waals surface area (Å²) in [5.74, 6) is -0.743. The van der Waals surface area contributed by atoms with E-state index in [2.05, 4.69) is 35.4 Å². The van der Waals surface area contributed by atoms with E-state index in [1.807, 2.05) is 4.90 Å². The number of rotatable bonds is 4. The topological polar surface area (TPSA) is 43.8 Å².